The third-order valence-electron chi connectivity index (χ3n) is 2.50. The van der Waals surface area contributed by atoms with Gasteiger partial charge in [0.15, 0.2) is 0 Å². The fraction of sp³-hybridized carbons (Fsp3) is 0.917. The fourth-order valence-corrected chi connectivity index (χ4v) is 3.22. The molecule has 0 aliphatic rings. The van der Waals surface area contributed by atoms with Crippen LogP contribution in [-0.4, -0.2) is 44.9 Å². The predicted octanol–water partition coefficient (Wildman–Crippen LogP) is 1.72. The Hall–Kier alpha value is -0.260. The van der Waals surface area contributed by atoms with Gasteiger partial charge in [0.2, 0.25) is 0 Å². The molecule has 0 amide bonds. The Bertz CT molecular complexity index is 248. The molecule has 3 N–H and O–H groups in total. The Morgan fingerprint density at radius 1 is 1.29 bits per heavy atom. The van der Waals surface area contributed by atoms with Crippen LogP contribution in [0.5, 0.6) is 0 Å². The zero-order valence-corrected chi connectivity index (χ0v) is 12.2. The zero-order valence-electron chi connectivity index (χ0n) is 11.4. The molecule has 0 aromatic heterocycles. The van der Waals surface area contributed by atoms with Gasteiger partial charge in [0.05, 0.1) is 6.61 Å². The molecule has 0 radical (unpaired) electrons. The summed E-state index contributed by atoms with van der Waals surface area (Å²) in [6, 6.07) is 0.128. The fourth-order valence-electron chi connectivity index (χ4n) is 1.91. The van der Waals surface area contributed by atoms with Crippen molar-refractivity contribution in [2.75, 3.05) is 6.61 Å². The van der Waals surface area contributed by atoms with Crippen LogP contribution >= 0.6 is 11.8 Å². The highest BCUT2D eigenvalue weighted by atomic mass is 32.2. The molecule has 102 valence electrons. The first-order valence-corrected chi connectivity index (χ1v) is 6.93. The van der Waals surface area contributed by atoms with Crippen molar-refractivity contribution in [3.8, 4) is 0 Å². The highest BCUT2D eigenvalue weighted by molar-refractivity contribution is 8.00. The van der Waals surface area contributed by atoms with Gasteiger partial charge in [0, 0.05) is 16.5 Å². The highest BCUT2D eigenvalue weighted by Crippen LogP contribution is 2.25. The molecule has 0 aliphatic heterocycles. The van der Waals surface area contributed by atoms with Gasteiger partial charge in [-0.3, -0.25) is 10.1 Å². The van der Waals surface area contributed by atoms with Crippen LogP contribution in [0.4, 0.5) is 0 Å². The number of hydrogen-bond acceptors (Lipinski definition) is 4. The van der Waals surface area contributed by atoms with Crippen molar-refractivity contribution in [3.05, 3.63) is 0 Å². The van der Waals surface area contributed by atoms with Gasteiger partial charge in [-0.1, -0.05) is 13.8 Å². The smallest absolute Gasteiger partial charge is 0.323 e. The van der Waals surface area contributed by atoms with Crippen LogP contribution < -0.4 is 5.32 Å². The summed E-state index contributed by atoms with van der Waals surface area (Å²) in [5.41, 5.74) is -0.907. The molecule has 0 bridgehead atoms. The van der Waals surface area contributed by atoms with E-state index in [4.69, 9.17) is 5.11 Å². The van der Waals surface area contributed by atoms with E-state index in [9.17, 15) is 9.90 Å². The van der Waals surface area contributed by atoms with Crippen LogP contribution in [0.3, 0.4) is 0 Å². The molecule has 0 saturated carbocycles. The molecule has 0 rings (SSSR count). The van der Waals surface area contributed by atoms with Crippen molar-refractivity contribution in [1.82, 2.24) is 5.32 Å². The van der Waals surface area contributed by atoms with E-state index in [1.807, 2.05) is 27.7 Å². The minimum atomic E-state index is -0.907. The van der Waals surface area contributed by atoms with E-state index in [-0.39, 0.29) is 23.1 Å². The number of rotatable bonds is 8. The molecule has 3 unspecified atom stereocenters. The number of carbonyl (C=O) groups is 1. The maximum absolute atomic E-state index is 11.3. The van der Waals surface area contributed by atoms with E-state index >= 15 is 0 Å². The quantitative estimate of drug-likeness (QED) is 0.622. The lowest BCUT2D eigenvalue weighted by atomic mass is 9.95. The van der Waals surface area contributed by atoms with Crippen molar-refractivity contribution in [2.45, 2.75) is 63.1 Å². The van der Waals surface area contributed by atoms with E-state index in [1.54, 1.807) is 18.7 Å². The average molecular weight is 263 g/mol. The van der Waals surface area contributed by atoms with Crippen molar-refractivity contribution in [1.29, 1.82) is 0 Å². The monoisotopic (exact) mass is 263 g/mol. The van der Waals surface area contributed by atoms with E-state index in [2.05, 4.69) is 5.32 Å². The van der Waals surface area contributed by atoms with Gasteiger partial charge in [0.25, 0.3) is 0 Å². The molecule has 0 heterocycles. The Morgan fingerprint density at radius 3 is 2.18 bits per heavy atom. The maximum Gasteiger partial charge on any atom is 0.323 e. The van der Waals surface area contributed by atoms with E-state index in [1.165, 1.54) is 0 Å². The van der Waals surface area contributed by atoms with Gasteiger partial charge in [-0.15, -0.1) is 0 Å². The number of nitrogens with one attached hydrogen (secondary N) is 1. The van der Waals surface area contributed by atoms with E-state index in [0.717, 1.165) is 0 Å². The molecule has 0 saturated heterocycles. The topological polar surface area (TPSA) is 69.6 Å². The van der Waals surface area contributed by atoms with Gasteiger partial charge in [-0.25, -0.2) is 0 Å². The second-order valence-corrected chi connectivity index (χ2v) is 6.96. The summed E-state index contributed by atoms with van der Waals surface area (Å²) >= 11 is 1.62. The SMILES string of the molecule is CC(C)NC(C)(CC(C)SC(C)CO)C(=O)O. The van der Waals surface area contributed by atoms with Gasteiger partial charge >= 0.3 is 5.97 Å². The Balaban J connectivity index is 4.49. The normalized spacial score (nSPS) is 18.8. The molecule has 0 spiro atoms. The molecule has 0 aliphatic carbocycles. The van der Waals surface area contributed by atoms with Crippen LogP contribution in [-0.2, 0) is 4.79 Å². The number of hydrogen-bond donors (Lipinski definition) is 3. The van der Waals surface area contributed by atoms with Crippen LogP contribution in [0.25, 0.3) is 0 Å². The summed E-state index contributed by atoms with van der Waals surface area (Å²) in [6.07, 6.45) is 0.537. The van der Waals surface area contributed by atoms with Crippen LogP contribution in [0.1, 0.15) is 41.0 Å². The first-order valence-electron chi connectivity index (χ1n) is 5.98. The molecule has 3 atom stereocenters. The molecular weight excluding hydrogens is 238 g/mol. The molecular formula is C12H25NO3S. The number of carboxylic acid groups (broad SMARTS) is 1. The predicted molar refractivity (Wildman–Crippen MR) is 72.5 cm³/mol. The van der Waals surface area contributed by atoms with Crippen LogP contribution in [0, 0.1) is 0 Å². The lowest BCUT2D eigenvalue weighted by Gasteiger charge is -2.31. The minimum Gasteiger partial charge on any atom is -0.480 e. The second-order valence-electron chi connectivity index (χ2n) is 5.08. The Labute approximate surface area is 108 Å². The second kappa shape index (κ2) is 7.24. The standard InChI is InChI=1S/C12H25NO3S/c1-8(2)13-12(5,11(15)16)6-9(3)17-10(4)7-14/h8-10,13-14H,6-7H2,1-5H3,(H,15,16). The minimum absolute atomic E-state index is 0.121. The van der Waals surface area contributed by atoms with Crippen molar-refractivity contribution in [3.63, 3.8) is 0 Å². The first-order chi connectivity index (χ1) is 7.71. The molecule has 5 heteroatoms. The summed E-state index contributed by atoms with van der Waals surface area (Å²) in [7, 11) is 0. The van der Waals surface area contributed by atoms with Crippen molar-refractivity contribution < 1.29 is 15.0 Å². The van der Waals surface area contributed by atoms with Gasteiger partial charge < -0.3 is 10.2 Å². The number of aliphatic hydroxyl groups excluding tert-OH is 1. The van der Waals surface area contributed by atoms with Crippen LogP contribution in [0.2, 0.25) is 0 Å². The number of aliphatic hydroxyl groups is 1. The van der Waals surface area contributed by atoms with Crippen molar-refractivity contribution >= 4 is 17.7 Å². The third kappa shape index (κ3) is 6.29. The lowest BCUT2D eigenvalue weighted by Crippen LogP contribution is -2.53. The maximum atomic E-state index is 11.3. The zero-order chi connectivity index (χ0) is 13.6. The number of aliphatic carboxylic acids is 1. The Morgan fingerprint density at radius 2 is 1.82 bits per heavy atom. The summed E-state index contributed by atoms with van der Waals surface area (Å²) < 4.78 is 0. The van der Waals surface area contributed by atoms with Gasteiger partial charge in [-0.2, -0.15) is 11.8 Å². The molecule has 17 heavy (non-hydrogen) atoms. The summed E-state index contributed by atoms with van der Waals surface area (Å²) in [5, 5.41) is 21.7. The molecule has 0 aromatic rings. The average Bonchev–Trinajstić information content (AvgIpc) is 2.15. The third-order valence-corrected chi connectivity index (χ3v) is 3.74. The summed E-state index contributed by atoms with van der Waals surface area (Å²) in [6.45, 7) is 9.66. The van der Waals surface area contributed by atoms with Gasteiger partial charge in [-0.05, 0) is 27.2 Å². The highest BCUT2D eigenvalue weighted by Gasteiger charge is 2.35. The molecule has 0 aromatic carbocycles. The Kier molecular flexibility index (Phi) is 7.13. The molecule has 4 nitrogen and oxygen atoms in total. The van der Waals surface area contributed by atoms with E-state index in [0.29, 0.717) is 6.42 Å². The van der Waals surface area contributed by atoms with Crippen molar-refractivity contribution in [2.24, 2.45) is 0 Å². The number of thioether (sulfide) groups is 1. The summed E-state index contributed by atoms with van der Waals surface area (Å²) in [5.74, 6) is -0.824. The first kappa shape index (κ1) is 16.7. The van der Waals surface area contributed by atoms with Crippen LogP contribution in [0.15, 0.2) is 0 Å². The van der Waals surface area contributed by atoms with Gasteiger partial charge in [0.1, 0.15) is 5.54 Å². The largest absolute Gasteiger partial charge is 0.480 e. The number of carboxylic acids is 1. The lowest BCUT2D eigenvalue weighted by molar-refractivity contribution is -0.144. The summed E-state index contributed by atoms with van der Waals surface area (Å²) in [4.78, 5) is 11.3. The van der Waals surface area contributed by atoms with E-state index < -0.39 is 11.5 Å². The molecule has 0 fully saturated rings.